The van der Waals surface area contributed by atoms with Gasteiger partial charge in [-0.1, -0.05) is 48.5 Å². The molecule has 0 unspecified atom stereocenters. The molecule has 0 atom stereocenters. The molecule has 0 fully saturated rings. The number of cyclic esters (lactones) is 1. The van der Waals surface area contributed by atoms with E-state index in [9.17, 15) is 14.9 Å². The predicted octanol–water partition coefficient (Wildman–Crippen LogP) is 4.52. The van der Waals surface area contributed by atoms with Crippen LogP contribution in [0.1, 0.15) is 16.7 Å². The molecule has 4 rings (SSSR count). The van der Waals surface area contributed by atoms with Crippen LogP contribution in [0.2, 0.25) is 0 Å². The lowest BCUT2D eigenvalue weighted by atomic mass is 10.2. The van der Waals surface area contributed by atoms with Crippen LogP contribution < -0.4 is 4.74 Å². The number of hydrogen-bond acceptors (Lipinski definition) is 6. The molecule has 3 aromatic rings. The van der Waals surface area contributed by atoms with E-state index in [2.05, 4.69) is 4.99 Å². The summed E-state index contributed by atoms with van der Waals surface area (Å²) in [5.74, 6) is 0.0704. The first-order chi connectivity index (χ1) is 14.6. The van der Waals surface area contributed by atoms with Crippen molar-refractivity contribution in [2.75, 3.05) is 0 Å². The summed E-state index contributed by atoms with van der Waals surface area (Å²) >= 11 is 0. The SMILES string of the molecule is O=C1OC(c2cccc([N+](=O)[O-])c2)=NC1=Cc1cccc(OCc2ccccc2)c1. The normalized spacial score (nSPS) is 14.3. The third kappa shape index (κ3) is 4.41. The number of ether oxygens (including phenoxy) is 2. The van der Waals surface area contributed by atoms with Gasteiger partial charge in [0.2, 0.25) is 5.90 Å². The van der Waals surface area contributed by atoms with Crippen LogP contribution in [0.5, 0.6) is 5.75 Å². The molecule has 0 saturated carbocycles. The molecule has 0 aromatic heterocycles. The Kier molecular flexibility index (Phi) is 5.34. The highest BCUT2D eigenvalue weighted by Crippen LogP contribution is 2.23. The molecule has 0 radical (unpaired) electrons. The highest BCUT2D eigenvalue weighted by molar-refractivity contribution is 6.13. The molecule has 1 aliphatic heterocycles. The van der Waals surface area contributed by atoms with E-state index in [1.165, 1.54) is 18.2 Å². The first kappa shape index (κ1) is 19.1. The lowest BCUT2D eigenvalue weighted by Crippen LogP contribution is -2.05. The summed E-state index contributed by atoms with van der Waals surface area (Å²) in [6.45, 7) is 0.429. The molecule has 0 spiro atoms. The van der Waals surface area contributed by atoms with Gasteiger partial charge in [-0.3, -0.25) is 10.1 Å². The summed E-state index contributed by atoms with van der Waals surface area (Å²) < 4.78 is 11.0. The van der Waals surface area contributed by atoms with Crippen molar-refractivity contribution < 1.29 is 19.2 Å². The molecule has 148 valence electrons. The van der Waals surface area contributed by atoms with Crippen LogP contribution in [0, 0.1) is 10.1 Å². The van der Waals surface area contributed by atoms with Crippen molar-refractivity contribution in [3.63, 3.8) is 0 Å². The van der Waals surface area contributed by atoms with Crippen molar-refractivity contribution in [1.82, 2.24) is 0 Å². The Hall–Kier alpha value is -4.26. The number of nitro benzene ring substituents is 1. The van der Waals surface area contributed by atoms with E-state index in [0.717, 1.165) is 11.1 Å². The van der Waals surface area contributed by atoms with E-state index in [0.29, 0.717) is 17.9 Å². The molecule has 0 bridgehead atoms. The average Bonchev–Trinajstić information content (AvgIpc) is 3.13. The van der Waals surface area contributed by atoms with E-state index in [1.807, 2.05) is 48.5 Å². The Morgan fingerprint density at radius 3 is 2.60 bits per heavy atom. The fraction of sp³-hybridized carbons (Fsp3) is 0.0435. The smallest absolute Gasteiger partial charge is 0.363 e. The third-order valence-corrected chi connectivity index (χ3v) is 4.33. The van der Waals surface area contributed by atoms with Crippen molar-refractivity contribution in [1.29, 1.82) is 0 Å². The maximum absolute atomic E-state index is 12.2. The highest BCUT2D eigenvalue weighted by Gasteiger charge is 2.25. The van der Waals surface area contributed by atoms with Gasteiger partial charge in [0.05, 0.1) is 4.92 Å². The van der Waals surface area contributed by atoms with Crippen LogP contribution >= 0.6 is 0 Å². The quantitative estimate of drug-likeness (QED) is 0.263. The number of aliphatic imine (C=N–C) groups is 1. The number of carbonyl (C=O) groups excluding carboxylic acids is 1. The number of benzene rings is 3. The van der Waals surface area contributed by atoms with Crippen molar-refractivity contribution in [2.45, 2.75) is 6.61 Å². The molecule has 7 nitrogen and oxygen atoms in total. The highest BCUT2D eigenvalue weighted by atomic mass is 16.6. The number of hydrogen-bond donors (Lipinski definition) is 0. The molecule has 1 heterocycles. The van der Waals surface area contributed by atoms with E-state index in [1.54, 1.807) is 18.2 Å². The van der Waals surface area contributed by atoms with Gasteiger partial charge in [0.15, 0.2) is 5.70 Å². The molecular formula is C23H16N2O5. The summed E-state index contributed by atoms with van der Waals surface area (Å²) in [6.07, 6.45) is 1.59. The molecule has 30 heavy (non-hydrogen) atoms. The predicted molar refractivity (Wildman–Crippen MR) is 111 cm³/mol. The van der Waals surface area contributed by atoms with Crippen LogP contribution in [0.25, 0.3) is 6.08 Å². The summed E-state index contributed by atoms with van der Waals surface area (Å²) in [4.78, 5) is 26.8. The average molecular weight is 400 g/mol. The molecule has 1 aliphatic rings. The van der Waals surface area contributed by atoms with Gasteiger partial charge in [-0.2, -0.15) is 0 Å². The Bertz CT molecular complexity index is 1170. The fourth-order valence-electron chi connectivity index (χ4n) is 2.88. The Morgan fingerprint density at radius 1 is 1.00 bits per heavy atom. The zero-order valence-corrected chi connectivity index (χ0v) is 15.7. The number of non-ortho nitro benzene ring substituents is 1. The number of nitro groups is 1. The minimum atomic E-state index is -0.618. The number of carbonyl (C=O) groups is 1. The molecule has 3 aromatic carbocycles. The lowest BCUT2D eigenvalue weighted by Gasteiger charge is -2.07. The topological polar surface area (TPSA) is 91.0 Å². The van der Waals surface area contributed by atoms with E-state index in [4.69, 9.17) is 9.47 Å². The van der Waals surface area contributed by atoms with E-state index >= 15 is 0 Å². The van der Waals surface area contributed by atoms with Crippen LogP contribution in [0.3, 0.4) is 0 Å². The second-order valence-corrected chi connectivity index (χ2v) is 6.49. The monoisotopic (exact) mass is 400 g/mol. The maximum Gasteiger partial charge on any atom is 0.363 e. The summed E-state index contributed by atoms with van der Waals surface area (Å²) in [6, 6.07) is 22.8. The second kappa shape index (κ2) is 8.40. The van der Waals surface area contributed by atoms with Gasteiger partial charge in [0.25, 0.3) is 5.69 Å². The van der Waals surface area contributed by atoms with Crippen molar-refractivity contribution in [3.8, 4) is 5.75 Å². The first-order valence-electron chi connectivity index (χ1n) is 9.13. The zero-order valence-electron chi connectivity index (χ0n) is 15.7. The fourth-order valence-corrected chi connectivity index (χ4v) is 2.88. The molecular weight excluding hydrogens is 384 g/mol. The van der Waals surface area contributed by atoms with Crippen molar-refractivity contribution in [2.24, 2.45) is 4.99 Å². The van der Waals surface area contributed by atoms with Crippen molar-refractivity contribution in [3.05, 3.63) is 111 Å². The van der Waals surface area contributed by atoms with Gasteiger partial charge in [-0.05, 0) is 35.4 Å². The third-order valence-electron chi connectivity index (χ3n) is 4.33. The molecule has 0 amide bonds. The number of nitrogens with zero attached hydrogens (tertiary/aromatic N) is 2. The molecule has 0 saturated heterocycles. The first-order valence-corrected chi connectivity index (χ1v) is 9.13. The summed E-state index contributed by atoms with van der Waals surface area (Å²) in [5.41, 5.74) is 2.13. The minimum absolute atomic E-state index is 0.0337. The molecule has 0 N–H and O–H groups in total. The van der Waals surface area contributed by atoms with Gasteiger partial charge >= 0.3 is 5.97 Å². The van der Waals surface area contributed by atoms with Crippen LogP contribution in [-0.2, 0) is 16.1 Å². The number of esters is 1. The summed E-state index contributed by atoms with van der Waals surface area (Å²) in [5, 5.41) is 10.9. The Morgan fingerprint density at radius 2 is 1.80 bits per heavy atom. The van der Waals surface area contributed by atoms with Gasteiger partial charge in [-0.15, -0.1) is 0 Å². The zero-order chi connectivity index (χ0) is 20.9. The van der Waals surface area contributed by atoms with Crippen molar-refractivity contribution >= 4 is 23.6 Å². The lowest BCUT2D eigenvalue weighted by molar-refractivity contribution is -0.384. The summed E-state index contributed by atoms with van der Waals surface area (Å²) in [7, 11) is 0. The van der Waals surface area contributed by atoms with Gasteiger partial charge in [-0.25, -0.2) is 9.79 Å². The molecule has 7 heteroatoms. The number of rotatable bonds is 6. The second-order valence-electron chi connectivity index (χ2n) is 6.49. The standard InChI is InChI=1S/C23H16N2O5/c26-23-21(24-22(30-23)18-9-5-10-19(14-18)25(27)28)13-17-8-4-11-20(12-17)29-15-16-6-2-1-3-7-16/h1-14H,15H2. The van der Waals surface area contributed by atoms with Crippen LogP contribution in [0.4, 0.5) is 5.69 Å². The van der Waals surface area contributed by atoms with Gasteiger partial charge in [0.1, 0.15) is 12.4 Å². The Balaban J connectivity index is 1.53. The van der Waals surface area contributed by atoms with E-state index < -0.39 is 10.9 Å². The van der Waals surface area contributed by atoms with Gasteiger partial charge in [0, 0.05) is 17.7 Å². The maximum atomic E-state index is 12.2. The molecule has 0 aliphatic carbocycles. The minimum Gasteiger partial charge on any atom is -0.489 e. The largest absolute Gasteiger partial charge is 0.489 e. The Labute approximate surface area is 172 Å². The van der Waals surface area contributed by atoms with Crippen LogP contribution in [0.15, 0.2) is 89.6 Å². The van der Waals surface area contributed by atoms with E-state index in [-0.39, 0.29) is 17.3 Å². The van der Waals surface area contributed by atoms with Gasteiger partial charge < -0.3 is 9.47 Å². The van der Waals surface area contributed by atoms with Crippen LogP contribution in [-0.4, -0.2) is 16.8 Å².